The molecule has 1 amide bonds. The molecule has 1 heterocycles. The third-order valence-corrected chi connectivity index (χ3v) is 6.46. The Bertz CT molecular complexity index is 785. The molecule has 0 aliphatic carbocycles. The van der Waals surface area contributed by atoms with Gasteiger partial charge in [0.1, 0.15) is 16.0 Å². The molecule has 0 fully saturated rings. The molecule has 8 heteroatoms. The average molecular weight is 383 g/mol. The molecule has 0 aliphatic heterocycles. The monoisotopic (exact) mass is 382 g/mol. The van der Waals surface area contributed by atoms with Gasteiger partial charge in [-0.1, -0.05) is 32.0 Å². The predicted octanol–water partition coefficient (Wildman–Crippen LogP) is 2.38. The standard InChI is InChI=1S/C17H22N2O4S2/c1-12(2)16(19-25(21,22)15-5-4-10-24-15)17(20)18-11-13-6-8-14(23-3)9-7-13/h4-10,12,16,19H,11H2,1-3H3,(H,18,20)/t16-/m1/s1. The van der Waals surface area contributed by atoms with E-state index < -0.39 is 16.1 Å². The summed E-state index contributed by atoms with van der Waals surface area (Å²) in [6, 6.07) is 9.64. The fourth-order valence-corrected chi connectivity index (χ4v) is 4.53. The Morgan fingerprint density at radius 1 is 1.20 bits per heavy atom. The fourth-order valence-electron chi connectivity index (χ4n) is 2.18. The maximum atomic E-state index is 12.5. The van der Waals surface area contributed by atoms with Crippen molar-refractivity contribution in [3.63, 3.8) is 0 Å². The Balaban J connectivity index is 2.02. The predicted molar refractivity (Wildman–Crippen MR) is 98.1 cm³/mol. The molecule has 25 heavy (non-hydrogen) atoms. The van der Waals surface area contributed by atoms with E-state index in [4.69, 9.17) is 4.74 Å². The molecule has 6 nitrogen and oxygen atoms in total. The van der Waals surface area contributed by atoms with Gasteiger partial charge in [0.2, 0.25) is 5.91 Å². The molecule has 136 valence electrons. The summed E-state index contributed by atoms with van der Waals surface area (Å²) in [5, 5.41) is 4.47. The molecule has 0 spiro atoms. The lowest BCUT2D eigenvalue weighted by atomic mass is 10.0. The smallest absolute Gasteiger partial charge is 0.250 e. The number of sulfonamides is 1. The summed E-state index contributed by atoms with van der Waals surface area (Å²) in [5.41, 5.74) is 0.901. The molecular weight excluding hydrogens is 360 g/mol. The maximum Gasteiger partial charge on any atom is 0.250 e. The number of methoxy groups -OCH3 is 1. The second kappa shape index (κ2) is 8.46. The summed E-state index contributed by atoms with van der Waals surface area (Å²) in [7, 11) is -2.12. The van der Waals surface area contributed by atoms with Crippen LogP contribution in [0.25, 0.3) is 0 Å². The van der Waals surface area contributed by atoms with Gasteiger partial charge in [0.15, 0.2) is 0 Å². The summed E-state index contributed by atoms with van der Waals surface area (Å²) >= 11 is 1.11. The van der Waals surface area contributed by atoms with Crippen molar-refractivity contribution in [3.05, 3.63) is 47.3 Å². The first-order valence-electron chi connectivity index (χ1n) is 7.80. The van der Waals surface area contributed by atoms with Crippen LogP contribution in [-0.2, 0) is 21.4 Å². The minimum absolute atomic E-state index is 0.189. The van der Waals surface area contributed by atoms with Gasteiger partial charge in [0.25, 0.3) is 10.0 Å². The number of thiophene rings is 1. The van der Waals surface area contributed by atoms with Crippen LogP contribution < -0.4 is 14.8 Å². The fraction of sp³-hybridized carbons (Fsp3) is 0.353. The van der Waals surface area contributed by atoms with Crippen molar-refractivity contribution in [2.45, 2.75) is 30.6 Å². The molecule has 1 atom stereocenters. The quantitative estimate of drug-likeness (QED) is 0.734. The van der Waals surface area contributed by atoms with E-state index in [1.165, 1.54) is 6.07 Å². The van der Waals surface area contributed by atoms with Crippen molar-refractivity contribution in [2.24, 2.45) is 5.92 Å². The van der Waals surface area contributed by atoms with Gasteiger partial charge in [0.05, 0.1) is 7.11 Å². The van der Waals surface area contributed by atoms with Crippen molar-refractivity contribution in [1.82, 2.24) is 10.0 Å². The van der Waals surface area contributed by atoms with Crippen LogP contribution in [0.1, 0.15) is 19.4 Å². The lowest BCUT2D eigenvalue weighted by Crippen LogP contribution is -2.49. The summed E-state index contributed by atoms with van der Waals surface area (Å²) in [4.78, 5) is 12.5. The molecule has 0 saturated heterocycles. The van der Waals surface area contributed by atoms with Gasteiger partial charge < -0.3 is 10.1 Å². The molecular formula is C17H22N2O4S2. The Morgan fingerprint density at radius 2 is 1.88 bits per heavy atom. The van der Waals surface area contributed by atoms with Crippen LogP contribution in [0, 0.1) is 5.92 Å². The molecule has 0 bridgehead atoms. The number of benzene rings is 1. The third kappa shape index (κ3) is 5.29. The number of hydrogen-bond donors (Lipinski definition) is 2. The highest BCUT2D eigenvalue weighted by atomic mass is 32.2. The van der Waals surface area contributed by atoms with Crippen molar-refractivity contribution < 1.29 is 17.9 Å². The number of rotatable bonds is 8. The van der Waals surface area contributed by atoms with Gasteiger partial charge in [-0.2, -0.15) is 4.72 Å². The lowest BCUT2D eigenvalue weighted by molar-refractivity contribution is -0.123. The third-order valence-electron chi connectivity index (χ3n) is 3.62. The zero-order valence-corrected chi connectivity index (χ0v) is 16.0. The average Bonchev–Trinajstić information content (AvgIpc) is 3.13. The van der Waals surface area contributed by atoms with E-state index in [0.29, 0.717) is 6.54 Å². The van der Waals surface area contributed by atoms with E-state index in [1.54, 1.807) is 44.5 Å². The van der Waals surface area contributed by atoms with Crippen molar-refractivity contribution >= 4 is 27.3 Å². The van der Waals surface area contributed by atoms with Crippen LogP contribution in [0.5, 0.6) is 5.75 Å². The number of nitrogens with one attached hydrogen (secondary N) is 2. The summed E-state index contributed by atoms with van der Waals surface area (Å²) < 4.78 is 32.5. The van der Waals surface area contributed by atoms with Crippen LogP contribution in [0.4, 0.5) is 0 Å². The van der Waals surface area contributed by atoms with Gasteiger partial charge in [-0.15, -0.1) is 11.3 Å². The summed E-state index contributed by atoms with van der Waals surface area (Å²) in [5.74, 6) is 0.190. The van der Waals surface area contributed by atoms with Gasteiger partial charge in [-0.3, -0.25) is 4.79 Å². The van der Waals surface area contributed by atoms with Gasteiger partial charge in [-0.05, 0) is 35.1 Å². The van der Waals surface area contributed by atoms with Gasteiger partial charge >= 0.3 is 0 Å². The van der Waals surface area contributed by atoms with E-state index in [9.17, 15) is 13.2 Å². The first kappa shape index (κ1) is 19.4. The van der Waals surface area contributed by atoms with E-state index in [2.05, 4.69) is 10.0 Å². The van der Waals surface area contributed by atoms with Gasteiger partial charge in [0, 0.05) is 6.54 Å². The van der Waals surface area contributed by atoms with Crippen LogP contribution in [-0.4, -0.2) is 27.5 Å². The molecule has 2 N–H and O–H groups in total. The van der Waals surface area contributed by atoms with E-state index in [0.717, 1.165) is 22.6 Å². The molecule has 0 saturated carbocycles. The molecule has 2 rings (SSSR count). The minimum Gasteiger partial charge on any atom is -0.497 e. The molecule has 1 aromatic heterocycles. The number of carbonyl (C=O) groups is 1. The lowest BCUT2D eigenvalue weighted by Gasteiger charge is -2.21. The van der Waals surface area contributed by atoms with Crippen LogP contribution in [0.3, 0.4) is 0 Å². The molecule has 1 aromatic carbocycles. The maximum absolute atomic E-state index is 12.5. The van der Waals surface area contributed by atoms with Gasteiger partial charge in [-0.25, -0.2) is 8.42 Å². The Kier molecular flexibility index (Phi) is 6.57. The van der Waals surface area contributed by atoms with Crippen LogP contribution in [0.15, 0.2) is 46.0 Å². The van der Waals surface area contributed by atoms with E-state index in [1.807, 2.05) is 12.1 Å². The zero-order chi connectivity index (χ0) is 18.4. The van der Waals surface area contributed by atoms with Crippen LogP contribution in [0.2, 0.25) is 0 Å². The Labute approximate surface area is 152 Å². The SMILES string of the molecule is COc1ccc(CNC(=O)[C@H](NS(=O)(=O)c2cccs2)C(C)C)cc1. The number of carbonyl (C=O) groups excluding carboxylic acids is 1. The second-order valence-electron chi connectivity index (χ2n) is 5.84. The topological polar surface area (TPSA) is 84.5 Å². The summed E-state index contributed by atoms with van der Waals surface area (Å²) in [6.07, 6.45) is 0. The normalized spacial score (nSPS) is 12.8. The minimum atomic E-state index is -3.71. The molecule has 0 aliphatic rings. The zero-order valence-electron chi connectivity index (χ0n) is 14.4. The van der Waals surface area contributed by atoms with Crippen molar-refractivity contribution in [3.8, 4) is 5.75 Å². The number of hydrogen-bond acceptors (Lipinski definition) is 5. The Hall–Kier alpha value is -1.90. The van der Waals surface area contributed by atoms with Crippen molar-refractivity contribution in [1.29, 1.82) is 0 Å². The van der Waals surface area contributed by atoms with Crippen molar-refractivity contribution in [2.75, 3.05) is 7.11 Å². The molecule has 0 unspecified atom stereocenters. The van der Waals surface area contributed by atoms with E-state index >= 15 is 0 Å². The first-order valence-corrected chi connectivity index (χ1v) is 10.2. The highest BCUT2D eigenvalue weighted by Crippen LogP contribution is 2.17. The largest absolute Gasteiger partial charge is 0.497 e. The second-order valence-corrected chi connectivity index (χ2v) is 8.73. The first-order chi connectivity index (χ1) is 11.8. The highest BCUT2D eigenvalue weighted by Gasteiger charge is 2.28. The molecule has 0 radical (unpaired) electrons. The highest BCUT2D eigenvalue weighted by molar-refractivity contribution is 7.91. The Morgan fingerprint density at radius 3 is 2.40 bits per heavy atom. The van der Waals surface area contributed by atoms with Crippen LogP contribution >= 0.6 is 11.3 Å². The summed E-state index contributed by atoms with van der Waals surface area (Å²) in [6.45, 7) is 3.91. The number of amides is 1. The molecule has 2 aromatic rings. The number of ether oxygens (including phenoxy) is 1. The van der Waals surface area contributed by atoms with E-state index in [-0.39, 0.29) is 16.0 Å².